The number of fused-ring (bicyclic) bond motifs is 1. The van der Waals surface area contributed by atoms with Crippen molar-refractivity contribution in [1.82, 2.24) is 9.88 Å². The summed E-state index contributed by atoms with van der Waals surface area (Å²) in [5, 5.41) is 0. The molecule has 2 unspecified atom stereocenters. The molecule has 1 saturated heterocycles. The fourth-order valence-corrected chi connectivity index (χ4v) is 4.80. The van der Waals surface area contributed by atoms with Crippen molar-refractivity contribution < 1.29 is 14.3 Å². The van der Waals surface area contributed by atoms with E-state index in [2.05, 4.69) is 41.9 Å². The van der Waals surface area contributed by atoms with E-state index >= 15 is 0 Å². The third-order valence-electron chi connectivity index (χ3n) is 6.37. The van der Waals surface area contributed by atoms with Crippen LogP contribution in [0.25, 0.3) is 11.1 Å². The van der Waals surface area contributed by atoms with E-state index in [1.54, 1.807) is 4.90 Å². The third-order valence-corrected chi connectivity index (χ3v) is 6.37. The Labute approximate surface area is 196 Å². The molecule has 2 atom stereocenters. The van der Waals surface area contributed by atoms with Crippen LogP contribution in [-0.4, -0.2) is 59.7 Å². The van der Waals surface area contributed by atoms with Crippen LogP contribution in [0.5, 0.6) is 0 Å². The average Bonchev–Trinajstić information content (AvgIpc) is 2.74. The van der Waals surface area contributed by atoms with E-state index in [4.69, 9.17) is 4.74 Å². The Balaban J connectivity index is 1.53. The van der Waals surface area contributed by atoms with Crippen molar-refractivity contribution in [2.45, 2.75) is 65.1 Å². The number of ether oxygens (including phenoxy) is 1. The van der Waals surface area contributed by atoms with Gasteiger partial charge >= 0.3 is 6.09 Å². The van der Waals surface area contributed by atoms with Gasteiger partial charge in [0.25, 0.3) is 0 Å². The predicted molar refractivity (Wildman–Crippen MR) is 131 cm³/mol. The molecule has 7 nitrogen and oxygen atoms in total. The molecule has 4 rings (SSSR count). The number of carbonyl (C=O) groups is 2. The lowest BCUT2D eigenvalue weighted by atomic mass is 9.96. The quantitative estimate of drug-likeness (QED) is 0.674. The van der Waals surface area contributed by atoms with E-state index in [0.717, 1.165) is 28.9 Å². The van der Waals surface area contributed by atoms with Crippen molar-refractivity contribution in [3.05, 3.63) is 42.2 Å². The van der Waals surface area contributed by atoms with Crippen molar-refractivity contribution in [1.29, 1.82) is 0 Å². The Morgan fingerprint density at radius 3 is 2.39 bits per heavy atom. The molecule has 1 aromatic heterocycles. The van der Waals surface area contributed by atoms with Crippen molar-refractivity contribution in [2.75, 3.05) is 29.9 Å². The number of hydrogen-bond acceptors (Lipinski definition) is 5. The van der Waals surface area contributed by atoms with Gasteiger partial charge in [-0.1, -0.05) is 6.07 Å². The van der Waals surface area contributed by atoms with Gasteiger partial charge in [0.15, 0.2) is 0 Å². The summed E-state index contributed by atoms with van der Waals surface area (Å²) in [7, 11) is 1.83. The number of aromatic nitrogens is 1. The molecular formula is C26H34N4O3. The number of pyridine rings is 1. The van der Waals surface area contributed by atoms with Crippen molar-refractivity contribution in [3.8, 4) is 11.1 Å². The van der Waals surface area contributed by atoms with Gasteiger partial charge in [-0.05, 0) is 70.4 Å². The van der Waals surface area contributed by atoms with Crippen LogP contribution in [0, 0.1) is 0 Å². The van der Waals surface area contributed by atoms with Crippen LogP contribution in [0.4, 0.5) is 16.2 Å². The molecule has 0 N–H and O–H groups in total. The van der Waals surface area contributed by atoms with Gasteiger partial charge in [0.1, 0.15) is 5.60 Å². The van der Waals surface area contributed by atoms with E-state index in [1.165, 1.54) is 5.56 Å². The van der Waals surface area contributed by atoms with E-state index in [-0.39, 0.29) is 24.1 Å². The summed E-state index contributed by atoms with van der Waals surface area (Å²) in [6, 6.07) is 8.45. The van der Waals surface area contributed by atoms with Crippen LogP contribution in [0.3, 0.4) is 0 Å². The average molecular weight is 451 g/mol. The summed E-state index contributed by atoms with van der Waals surface area (Å²) in [6.07, 6.45) is 4.82. The lowest BCUT2D eigenvalue weighted by molar-refractivity contribution is -0.118. The fourth-order valence-electron chi connectivity index (χ4n) is 4.80. The highest BCUT2D eigenvalue weighted by atomic mass is 16.6. The molecule has 2 aromatic rings. The van der Waals surface area contributed by atoms with Gasteiger partial charge in [0.2, 0.25) is 5.91 Å². The molecule has 33 heavy (non-hydrogen) atoms. The van der Waals surface area contributed by atoms with Gasteiger partial charge in [-0.2, -0.15) is 0 Å². The molecule has 1 aromatic carbocycles. The normalized spacial score (nSPS) is 21.2. The number of carbonyl (C=O) groups excluding carboxylic acids is 2. The summed E-state index contributed by atoms with van der Waals surface area (Å²) in [5.74, 6) is 0.160. The van der Waals surface area contributed by atoms with Gasteiger partial charge < -0.3 is 14.5 Å². The largest absolute Gasteiger partial charge is 0.444 e. The summed E-state index contributed by atoms with van der Waals surface area (Å²) in [6.45, 7) is 11.2. The molecule has 0 spiro atoms. The van der Waals surface area contributed by atoms with E-state index < -0.39 is 5.60 Å². The topological polar surface area (TPSA) is 66.0 Å². The van der Waals surface area contributed by atoms with E-state index in [0.29, 0.717) is 19.5 Å². The molecule has 3 heterocycles. The second-order valence-electron chi connectivity index (χ2n) is 10.2. The second-order valence-corrected chi connectivity index (χ2v) is 10.2. The van der Waals surface area contributed by atoms with Gasteiger partial charge in [-0.25, -0.2) is 4.79 Å². The molecule has 0 aliphatic carbocycles. The summed E-state index contributed by atoms with van der Waals surface area (Å²) >= 11 is 0. The monoisotopic (exact) mass is 450 g/mol. The number of amides is 2. The van der Waals surface area contributed by atoms with Gasteiger partial charge in [0.05, 0.1) is 24.0 Å². The first-order chi connectivity index (χ1) is 15.5. The number of anilines is 2. The standard InChI is InChI=1S/C26H34N4O3/c1-17-15-29(16-18(2)30(17)25(32)33-26(3,4)5)22-12-21(13-27-14-22)19-7-9-23-20(11-19)8-10-24(31)28(23)6/h7,9,11-14,17-18H,8,10,15-16H2,1-6H3. The van der Waals surface area contributed by atoms with Crippen LogP contribution in [0.1, 0.15) is 46.6 Å². The van der Waals surface area contributed by atoms with Crippen molar-refractivity contribution in [2.24, 2.45) is 0 Å². The number of benzene rings is 1. The highest BCUT2D eigenvalue weighted by Crippen LogP contribution is 2.33. The van der Waals surface area contributed by atoms with E-state index in [9.17, 15) is 9.59 Å². The minimum atomic E-state index is -0.511. The summed E-state index contributed by atoms with van der Waals surface area (Å²) in [5.41, 5.74) is 4.85. The molecule has 0 radical (unpaired) electrons. The van der Waals surface area contributed by atoms with Crippen LogP contribution in [0.2, 0.25) is 0 Å². The smallest absolute Gasteiger partial charge is 0.410 e. The second kappa shape index (κ2) is 8.69. The minimum Gasteiger partial charge on any atom is -0.444 e. The zero-order valence-corrected chi connectivity index (χ0v) is 20.5. The number of piperazine rings is 1. The highest BCUT2D eigenvalue weighted by molar-refractivity contribution is 5.96. The first-order valence-electron chi connectivity index (χ1n) is 11.6. The maximum Gasteiger partial charge on any atom is 0.410 e. The molecule has 2 amide bonds. The molecule has 0 saturated carbocycles. The first kappa shape index (κ1) is 23.1. The van der Waals surface area contributed by atoms with Crippen LogP contribution in [-0.2, 0) is 16.0 Å². The highest BCUT2D eigenvalue weighted by Gasteiger charge is 2.35. The molecular weight excluding hydrogens is 416 g/mol. The number of hydrogen-bond donors (Lipinski definition) is 0. The zero-order valence-electron chi connectivity index (χ0n) is 20.5. The summed E-state index contributed by atoms with van der Waals surface area (Å²) in [4.78, 5) is 35.1. The zero-order chi connectivity index (χ0) is 23.9. The Morgan fingerprint density at radius 1 is 1.03 bits per heavy atom. The molecule has 2 aliphatic heterocycles. The first-order valence-corrected chi connectivity index (χ1v) is 11.6. The van der Waals surface area contributed by atoms with E-state index in [1.807, 2.05) is 51.2 Å². The fraction of sp³-hybridized carbons (Fsp3) is 0.500. The SMILES string of the molecule is CC1CN(c2cncc(-c3ccc4c(c3)CCC(=O)N4C)c2)CC(C)N1C(=O)OC(C)(C)C. The molecule has 1 fully saturated rings. The Kier molecular flexibility index (Phi) is 6.08. The molecule has 176 valence electrons. The maximum atomic E-state index is 12.7. The van der Waals surface area contributed by atoms with Gasteiger partial charge in [0, 0.05) is 44.0 Å². The minimum absolute atomic E-state index is 0.0177. The lowest BCUT2D eigenvalue weighted by Gasteiger charge is -2.45. The number of nitrogens with zero attached hydrogens (tertiary/aromatic N) is 4. The van der Waals surface area contributed by atoms with Crippen LogP contribution in [0.15, 0.2) is 36.7 Å². The molecule has 7 heteroatoms. The Hall–Kier alpha value is -3.09. The predicted octanol–water partition coefficient (Wildman–Crippen LogP) is 4.49. The third kappa shape index (κ3) is 4.82. The number of aryl methyl sites for hydroxylation is 1. The van der Waals surface area contributed by atoms with Crippen molar-refractivity contribution in [3.63, 3.8) is 0 Å². The molecule has 2 aliphatic rings. The summed E-state index contributed by atoms with van der Waals surface area (Å²) < 4.78 is 5.63. The maximum absolute atomic E-state index is 12.7. The lowest BCUT2D eigenvalue weighted by Crippen LogP contribution is -2.59. The van der Waals surface area contributed by atoms with Gasteiger partial charge in [-0.3, -0.25) is 14.7 Å². The van der Waals surface area contributed by atoms with Crippen LogP contribution >= 0.6 is 0 Å². The Morgan fingerprint density at radius 2 is 1.73 bits per heavy atom. The van der Waals surface area contributed by atoms with Crippen LogP contribution < -0.4 is 9.80 Å². The van der Waals surface area contributed by atoms with Crippen molar-refractivity contribution >= 4 is 23.4 Å². The van der Waals surface area contributed by atoms with Gasteiger partial charge in [-0.15, -0.1) is 0 Å². The molecule has 0 bridgehead atoms. The Bertz CT molecular complexity index is 1050. The number of rotatable bonds is 2.